The first-order valence-electron chi connectivity index (χ1n) is 7.18. The number of halogens is 1. The lowest BCUT2D eigenvalue weighted by atomic mass is 10.1. The maximum absolute atomic E-state index is 6.32. The number of rotatable bonds is 5. The van der Waals surface area contributed by atoms with Gasteiger partial charge in [0.15, 0.2) is 0 Å². The summed E-state index contributed by atoms with van der Waals surface area (Å²) in [6.45, 7) is 8.65. The first kappa shape index (κ1) is 15.8. The molecule has 2 atom stereocenters. The monoisotopic (exact) mass is 297 g/mol. The lowest BCUT2D eigenvalue weighted by molar-refractivity contribution is -0.0188. The summed E-state index contributed by atoms with van der Waals surface area (Å²) >= 11 is 6.32. The fourth-order valence-electron chi connectivity index (χ4n) is 2.22. The Hall–Kier alpha value is -0.610. The number of benzene rings is 1. The minimum atomic E-state index is -0.0466. The van der Waals surface area contributed by atoms with Crippen LogP contribution in [0, 0.1) is 0 Å². The standard InChI is InChI=1S/C16H24ClNO2/c1-16(2,3)18-10-15(20-12-8-9-19-11-12)13-6-4-5-7-14(13)17/h4-7,12,15,18H,8-11H2,1-3H3. The van der Waals surface area contributed by atoms with E-state index < -0.39 is 0 Å². The summed E-state index contributed by atoms with van der Waals surface area (Å²) in [5, 5.41) is 4.25. The van der Waals surface area contributed by atoms with Gasteiger partial charge in [-0.25, -0.2) is 0 Å². The number of hydrogen-bond donors (Lipinski definition) is 1. The highest BCUT2D eigenvalue weighted by atomic mass is 35.5. The fraction of sp³-hybridized carbons (Fsp3) is 0.625. The van der Waals surface area contributed by atoms with Crippen molar-refractivity contribution in [3.8, 4) is 0 Å². The van der Waals surface area contributed by atoms with Crippen LogP contribution in [0.4, 0.5) is 0 Å². The molecule has 0 aromatic heterocycles. The van der Waals surface area contributed by atoms with Gasteiger partial charge in [-0.1, -0.05) is 29.8 Å². The number of hydrogen-bond acceptors (Lipinski definition) is 3. The number of nitrogens with one attached hydrogen (secondary N) is 1. The predicted molar refractivity (Wildman–Crippen MR) is 82.3 cm³/mol. The van der Waals surface area contributed by atoms with Crippen molar-refractivity contribution in [3.05, 3.63) is 34.9 Å². The zero-order valence-electron chi connectivity index (χ0n) is 12.5. The summed E-state index contributed by atoms with van der Waals surface area (Å²) in [5.74, 6) is 0. The van der Waals surface area contributed by atoms with Gasteiger partial charge >= 0.3 is 0 Å². The summed E-state index contributed by atoms with van der Waals surface area (Å²) in [6, 6.07) is 7.89. The van der Waals surface area contributed by atoms with E-state index in [0.717, 1.165) is 30.2 Å². The molecule has 1 aromatic carbocycles. The Bertz CT molecular complexity index is 425. The van der Waals surface area contributed by atoms with Crippen molar-refractivity contribution >= 4 is 11.6 Å². The van der Waals surface area contributed by atoms with Gasteiger partial charge in [0.2, 0.25) is 0 Å². The van der Waals surface area contributed by atoms with Crippen LogP contribution in [-0.4, -0.2) is 31.4 Å². The van der Waals surface area contributed by atoms with Crippen LogP contribution < -0.4 is 5.32 Å². The highest BCUT2D eigenvalue weighted by molar-refractivity contribution is 6.31. The Morgan fingerprint density at radius 1 is 1.40 bits per heavy atom. The highest BCUT2D eigenvalue weighted by Crippen LogP contribution is 2.28. The van der Waals surface area contributed by atoms with Gasteiger partial charge in [-0.3, -0.25) is 0 Å². The largest absolute Gasteiger partial charge is 0.379 e. The van der Waals surface area contributed by atoms with E-state index in [9.17, 15) is 0 Å². The molecule has 0 aliphatic carbocycles. The van der Waals surface area contributed by atoms with Gasteiger partial charge in [0.05, 0.1) is 18.8 Å². The maximum atomic E-state index is 6.32. The minimum Gasteiger partial charge on any atom is -0.379 e. The molecule has 1 aliphatic heterocycles. The molecule has 3 nitrogen and oxygen atoms in total. The van der Waals surface area contributed by atoms with Gasteiger partial charge in [0.25, 0.3) is 0 Å². The van der Waals surface area contributed by atoms with E-state index in [2.05, 4.69) is 26.1 Å². The molecule has 2 unspecified atom stereocenters. The van der Waals surface area contributed by atoms with E-state index in [-0.39, 0.29) is 17.7 Å². The minimum absolute atomic E-state index is 0.0466. The molecule has 20 heavy (non-hydrogen) atoms. The Morgan fingerprint density at radius 3 is 2.75 bits per heavy atom. The first-order chi connectivity index (χ1) is 9.46. The van der Waals surface area contributed by atoms with Crippen LogP contribution in [0.2, 0.25) is 5.02 Å². The van der Waals surface area contributed by atoms with Crippen molar-refractivity contribution < 1.29 is 9.47 Å². The van der Waals surface area contributed by atoms with E-state index in [1.807, 2.05) is 24.3 Å². The van der Waals surface area contributed by atoms with Crippen LogP contribution in [0.3, 0.4) is 0 Å². The molecular formula is C16H24ClNO2. The van der Waals surface area contributed by atoms with E-state index in [1.54, 1.807) is 0 Å². The second kappa shape index (κ2) is 6.90. The van der Waals surface area contributed by atoms with Gasteiger partial charge in [-0.15, -0.1) is 0 Å². The van der Waals surface area contributed by atoms with Crippen molar-refractivity contribution in [1.82, 2.24) is 5.32 Å². The fourth-order valence-corrected chi connectivity index (χ4v) is 2.48. The van der Waals surface area contributed by atoms with Crippen LogP contribution in [0.15, 0.2) is 24.3 Å². The Kier molecular flexibility index (Phi) is 5.44. The van der Waals surface area contributed by atoms with Crippen molar-refractivity contribution in [2.45, 2.75) is 44.9 Å². The lowest BCUT2D eigenvalue weighted by Gasteiger charge is -2.28. The van der Waals surface area contributed by atoms with Crippen LogP contribution >= 0.6 is 11.6 Å². The average Bonchev–Trinajstić information content (AvgIpc) is 2.87. The van der Waals surface area contributed by atoms with Crippen LogP contribution in [0.5, 0.6) is 0 Å². The summed E-state index contributed by atoms with van der Waals surface area (Å²) in [4.78, 5) is 0. The van der Waals surface area contributed by atoms with Crippen molar-refractivity contribution in [3.63, 3.8) is 0 Å². The van der Waals surface area contributed by atoms with E-state index in [1.165, 1.54) is 0 Å². The van der Waals surface area contributed by atoms with Gasteiger partial charge in [-0.2, -0.15) is 0 Å². The first-order valence-corrected chi connectivity index (χ1v) is 7.56. The van der Waals surface area contributed by atoms with Crippen molar-refractivity contribution in [1.29, 1.82) is 0 Å². The smallest absolute Gasteiger partial charge is 0.0968 e. The Balaban J connectivity index is 2.08. The third-order valence-corrected chi connectivity index (χ3v) is 3.66. The zero-order chi connectivity index (χ0) is 14.6. The molecule has 0 radical (unpaired) electrons. The molecule has 1 N–H and O–H groups in total. The zero-order valence-corrected chi connectivity index (χ0v) is 13.2. The maximum Gasteiger partial charge on any atom is 0.0968 e. The van der Waals surface area contributed by atoms with Crippen molar-refractivity contribution in [2.24, 2.45) is 0 Å². The third-order valence-electron chi connectivity index (χ3n) is 3.31. The van der Waals surface area contributed by atoms with Crippen LogP contribution in [-0.2, 0) is 9.47 Å². The van der Waals surface area contributed by atoms with Gasteiger partial charge in [0, 0.05) is 29.3 Å². The molecule has 0 saturated carbocycles. The second-order valence-electron chi connectivity index (χ2n) is 6.26. The molecule has 4 heteroatoms. The molecule has 1 aliphatic rings. The molecule has 112 valence electrons. The molecule has 0 spiro atoms. The predicted octanol–water partition coefficient (Wildman–Crippen LogP) is 3.57. The van der Waals surface area contributed by atoms with Gasteiger partial charge in [0.1, 0.15) is 0 Å². The van der Waals surface area contributed by atoms with Gasteiger partial charge in [-0.05, 0) is 33.3 Å². The summed E-state index contributed by atoms with van der Waals surface area (Å²) in [6.07, 6.45) is 1.07. The molecule has 1 heterocycles. The van der Waals surface area contributed by atoms with Crippen LogP contribution in [0.1, 0.15) is 38.9 Å². The second-order valence-corrected chi connectivity index (χ2v) is 6.67. The summed E-state index contributed by atoms with van der Waals surface area (Å²) in [7, 11) is 0. The topological polar surface area (TPSA) is 30.5 Å². The highest BCUT2D eigenvalue weighted by Gasteiger charge is 2.24. The van der Waals surface area contributed by atoms with E-state index in [4.69, 9.17) is 21.1 Å². The third kappa shape index (κ3) is 4.74. The lowest BCUT2D eigenvalue weighted by Crippen LogP contribution is -2.39. The summed E-state index contributed by atoms with van der Waals surface area (Å²) in [5.41, 5.74) is 1.09. The Morgan fingerprint density at radius 2 is 2.15 bits per heavy atom. The van der Waals surface area contributed by atoms with E-state index >= 15 is 0 Å². The quantitative estimate of drug-likeness (QED) is 0.901. The van der Waals surface area contributed by atoms with Crippen molar-refractivity contribution in [2.75, 3.05) is 19.8 Å². The Labute approximate surface area is 126 Å². The average molecular weight is 298 g/mol. The molecule has 1 aromatic rings. The SMILES string of the molecule is CC(C)(C)NCC(OC1CCOC1)c1ccccc1Cl. The molecule has 1 saturated heterocycles. The number of ether oxygens (including phenoxy) is 2. The molecule has 0 bridgehead atoms. The molecule has 2 rings (SSSR count). The normalized spacial score (nSPS) is 21.1. The van der Waals surface area contributed by atoms with E-state index in [0.29, 0.717) is 6.61 Å². The molecular weight excluding hydrogens is 274 g/mol. The molecule has 1 fully saturated rings. The van der Waals surface area contributed by atoms with Gasteiger partial charge < -0.3 is 14.8 Å². The van der Waals surface area contributed by atoms with Crippen LogP contribution in [0.25, 0.3) is 0 Å². The molecule has 0 amide bonds. The summed E-state index contributed by atoms with van der Waals surface area (Å²) < 4.78 is 11.6.